The van der Waals surface area contributed by atoms with Crippen LogP contribution >= 0.6 is 27.3 Å². The molecule has 0 bridgehead atoms. The zero-order valence-corrected chi connectivity index (χ0v) is 14.9. The van der Waals surface area contributed by atoms with Crippen molar-refractivity contribution in [2.45, 2.75) is 58.5 Å². The predicted octanol–water partition coefficient (Wildman–Crippen LogP) is 4.79. The summed E-state index contributed by atoms with van der Waals surface area (Å²) in [5.74, 6) is 0.837. The van der Waals surface area contributed by atoms with E-state index in [0.29, 0.717) is 6.54 Å². The number of hydrogen-bond donors (Lipinski definition) is 2. The van der Waals surface area contributed by atoms with Crippen LogP contribution in [0.4, 0.5) is 0 Å². The quantitative estimate of drug-likeness (QED) is 0.793. The highest BCUT2D eigenvalue weighted by atomic mass is 79.9. The minimum atomic E-state index is -0.412. The molecular formula is C16H26BrNOS. The van der Waals surface area contributed by atoms with E-state index in [1.54, 1.807) is 11.3 Å². The van der Waals surface area contributed by atoms with Crippen LogP contribution in [0.5, 0.6) is 0 Å². The van der Waals surface area contributed by atoms with Gasteiger partial charge in [0.15, 0.2) is 0 Å². The topological polar surface area (TPSA) is 46.2 Å². The van der Waals surface area contributed by atoms with Gasteiger partial charge in [-0.05, 0) is 60.5 Å². The number of halogens is 1. The first-order chi connectivity index (χ1) is 9.52. The van der Waals surface area contributed by atoms with Gasteiger partial charge < -0.3 is 10.8 Å². The number of aryl methyl sites for hydroxylation is 1. The third-order valence-electron chi connectivity index (χ3n) is 4.93. The van der Waals surface area contributed by atoms with E-state index in [4.69, 9.17) is 5.73 Å². The molecule has 1 aromatic rings. The summed E-state index contributed by atoms with van der Waals surface area (Å²) in [6.45, 7) is 4.92. The van der Waals surface area contributed by atoms with Gasteiger partial charge in [-0.25, -0.2) is 0 Å². The number of aliphatic hydroxyl groups is 1. The zero-order valence-electron chi connectivity index (χ0n) is 12.5. The Balaban J connectivity index is 2.11. The maximum atomic E-state index is 10.9. The standard InChI is InChI=1S/C16H26BrNOS/c1-3-4-12-5-7-16(10-18,8-6-12)15(19)14-9-13(17)11(2)20-14/h9,12,15,19H,3-8,10,18H2,1-2H3. The Labute approximate surface area is 134 Å². The van der Waals surface area contributed by atoms with Crippen molar-refractivity contribution in [2.24, 2.45) is 17.1 Å². The van der Waals surface area contributed by atoms with Crippen molar-refractivity contribution in [3.05, 3.63) is 20.3 Å². The fourth-order valence-corrected chi connectivity index (χ4v) is 5.15. The minimum absolute atomic E-state index is 0.110. The lowest BCUT2D eigenvalue weighted by atomic mass is 9.66. The molecule has 1 aliphatic carbocycles. The van der Waals surface area contributed by atoms with Crippen LogP contribution in [0.25, 0.3) is 0 Å². The van der Waals surface area contributed by atoms with E-state index < -0.39 is 6.10 Å². The first-order valence-electron chi connectivity index (χ1n) is 7.66. The van der Waals surface area contributed by atoms with Gasteiger partial charge in [0.1, 0.15) is 0 Å². The largest absolute Gasteiger partial charge is 0.387 e. The molecule has 1 aliphatic rings. The second-order valence-electron chi connectivity index (χ2n) is 6.25. The Bertz CT molecular complexity index is 418. The highest BCUT2D eigenvalue weighted by Crippen LogP contribution is 2.49. The molecule has 0 saturated heterocycles. The predicted molar refractivity (Wildman–Crippen MR) is 90.1 cm³/mol. The number of nitrogens with two attached hydrogens (primary N) is 1. The third-order valence-corrected chi connectivity index (χ3v) is 7.12. The van der Waals surface area contributed by atoms with Crippen molar-refractivity contribution in [1.82, 2.24) is 0 Å². The van der Waals surface area contributed by atoms with E-state index in [-0.39, 0.29) is 5.41 Å². The Morgan fingerprint density at radius 1 is 1.50 bits per heavy atom. The number of rotatable bonds is 5. The van der Waals surface area contributed by atoms with Gasteiger partial charge >= 0.3 is 0 Å². The summed E-state index contributed by atoms with van der Waals surface area (Å²) in [7, 11) is 0. The molecule has 0 spiro atoms. The van der Waals surface area contributed by atoms with Gasteiger partial charge in [-0.1, -0.05) is 19.8 Å². The lowest BCUT2D eigenvalue weighted by molar-refractivity contribution is -0.00861. The average Bonchev–Trinajstić information content (AvgIpc) is 2.79. The highest BCUT2D eigenvalue weighted by molar-refractivity contribution is 9.10. The maximum Gasteiger partial charge on any atom is 0.0950 e. The van der Waals surface area contributed by atoms with Crippen molar-refractivity contribution >= 4 is 27.3 Å². The molecule has 2 rings (SSSR count). The van der Waals surface area contributed by atoms with Crippen LogP contribution in [0, 0.1) is 18.3 Å². The van der Waals surface area contributed by atoms with Gasteiger partial charge in [0, 0.05) is 26.2 Å². The summed E-state index contributed by atoms with van der Waals surface area (Å²) in [6, 6.07) is 2.07. The molecule has 0 amide bonds. The summed E-state index contributed by atoms with van der Waals surface area (Å²) in [6.07, 6.45) is 6.72. The Morgan fingerprint density at radius 3 is 2.60 bits per heavy atom. The Kier molecular flexibility index (Phi) is 5.69. The van der Waals surface area contributed by atoms with Crippen molar-refractivity contribution in [3.63, 3.8) is 0 Å². The van der Waals surface area contributed by atoms with Gasteiger partial charge in [0.25, 0.3) is 0 Å². The highest BCUT2D eigenvalue weighted by Gasteiger charge is 2.41. The first-order valence-corrected chi connectivity index (χ1v) is 9.27. The summed E-state index contributed by atoms with van der Waals surface area (Å²) in [5, 5.41) is 10.9. The van der Waals surface area contributed by atoms with E-state index in [0.717, 1.165) is 28.1 Å². The number of thiophene rings is 1. The fourth-order valence-electron chi connectivity index (χ4n) is 3.46. The van der Waals surface area contributed by atoms with Crippen LogP contribution in [0.15, 0.2) is 10.5 Å². The van der Waals surface area contributed by atoms with E-state index >= 15 is 0 Å². The second kappa shape index (κ2) is 6.91. The van der Waals surface area contributed by atoms with Gasteiger partial charge in [0.05, 0.1) is 6.10 Å². The molecule has 3 N–H and O–H groups in total. The van der Waals surface area contributed by atoms with Gasteiger partial charge in [-0.15, -0.1) is 11.3 Å². The Morgan fingerprint density at radius 2 is 2.15 bits per heavy atom. The smallest absolute Gasteiger partial charge is 0.0950 e. The van der Waals surface area contributed by atoms with Crippen molar-refractivity contribution in [2.75, 3.05) is 6.54 Å². The molecule has 1 unspecified atom stereocenters. The molecule has 1 aromatic heterocycles. The SMILES string of the molecule is CCCC1CCC(CN)(C(O)c2cc(Br)c(C)s2)CC1. The van der Waals surface area contributed by atoms with Crippen molar-refractivity contribution < 1.29 is 5.11 Å². The van der Waals surface area contributed by atoms with Crippen LogP contribution < -0.4 is 5.73 Å². The summed E-state index contributed by atoms with van der Waals surface area (Å²) >= 11 is 5.23. The van der Waals surface area contributed by atoms with Gasteiger partial charge in [0.2, 0.25) is 0 Å². The van der Waals surface area contributed by atoms with Gasteiger partial charge in [-0.2, -0.15) is 0 Å². The molecule has 20 heavy (non-hydrogen) atoms. The molecule has 1 heterocycles. The monoisotopic (exact) mass is 359 g/mol. The first kappa shape index (κ1) is 16.5. The van der Waals surface area contributed by atoms with Crippen LogP contribution in [0.2, 0.25) is 0 Å². The molecule has 1 fully saturated rings. The molecule has 1 saturated carbocycles. The molecule has 2 nitrogen and oxygen atoms in total. The number of aliphatic hydroxyl groups excluding tert-OH is 1. The second-order valence-corrected chi connectivity index (χ2v) is 8.40. The summed E-state index contributed by atoms with van der Waals surface area (Å²) in [5.41, 5.74) is 5.96. The zero-order chi connectivity index (χ0) is 14.8. The van der Waals surface area contributed by atoms with Crippen molar-refractivity contribution in [1.29, 1.82) is 0 Å². The maximum absolute atomic E-state index is 10.9. The molecular weight excluding hydrogens is 334 g/mol. The molecule has 1 atom stereocenters. The van der Waals surface area contributed by atoms with Crippen LogP contribution in [-0.4, -0.2) is 11.7 Å². The molecule has 0 aliphatic heterocycles. The molecule has 0 aromatic carbocycles. The van der Waals surface area contributed by atoms with Crippen LogP contribution in [0.1, 0.15) is 61.3 Å². The van der Waals surface area contributed by atoms with Crippen molar-refractivity contribution in [3.8, 4) is 0 Å². The fraction of sp³-hybridized carbons (Fsp3) is 0.750. The number of hydrogen-bond acceptors (Lipinski definition) is 3. The Hall–Kier alpha value is 0.1000. The van der Waals surface area contributed by atoms with E-state index in [9.17, 15) is 5.11 Å². The lowest BCUT2D eigenvalue weighted by Crippen LogP contribution is -2.40. The third kappa shape index (κ3) is 3.29. The lowest BCUT2D eigenvalue weighted by Gasteiger charge is -2.42. The summed E-state index contributed by atoms with van der Waals surface area (Å²) < 4.78 is 1.10. The molecule has 4 heteroatoms. The average molecular weight is 360 g/mol. The van der Waals surface area contributed by atoms with E-state index in [2.05, 4.69) is 35.8 Å². The summed E-state index contributed by atoms with van der Waals surface area (Å²) in [4.78, 5) is 2.29. The van der Waals surface area contributed by atoms with Gasteiger partial charge in [-0.3, -0.25) is 0 Å². The molecule has 114 valence electrons. The van der Waals surface area contributed by atoms with Crippen LogP contribution in [-0.2, 0) is 0 Å². The van der Waals surface area contributed by atoms with E-state index in [1.807, 2.05) is 0 Å². The van der Waals surface area contributed by atoms with Crippen LogP contribution in [0.3, 0.4) is 0 Å². The minimum Gasteiger partial charge on any atom is -0.387 e. The normalized spacial score (nSPS) is 28.6. The molecule has 0 radical (unpaired) electrons. The van der Waals surface area contributed by atoms with E-state index in [1.165, 1.54) is 30.6 Å².